The monoisotopic (exact) mass is 1380 g/mol. The maximum absolute atomic E-state index is 13.1. The van der Waals surface area contributed by atoms with Gasteiger partial charge in [0.05, 0.1) is 26.4 Å². The first-order valence-corrected chi connectivity index (χ1v) is 42.0. The van der Waals surface area contributed by atoms with Gasteiger partial charge in [0.1, 0.15) is 19.3 Å². The van der Waals surface area contributed by atoms with Gasteiger partial charge < -0.3 is 33.8 Å². The summed E-state index contributed by atoms with van der Waals surface area (Å²) in [4.78, 5) is 72.5. The Labute approximate surface area is 575 Å². The molecule has 0 aliphatic heterocycles. The van der Waals surface area contributed by atoms with Gasteiger partial charge in [0.2, 0.25) is 0 Å². The number of rotatable bonds is 74. The fraction of sp³-hybridized carbons (Fsp3) is 0.947. The quantitative estimate of drug-likeness (QED) is 0.0222. The van der Waals surface area contributed by atoms with E-state index in [4.69, 9.17) is 37.0 Å². The lowest BCUT2D eigenvalue weighted by Crippen LogP contribution is -2.30. The van der Waals surface area contributed by atoms with Crippen LogP contribution in [0.5, 0.6) is 0 Å². The van der Waals surface area contributed by atoms with E-state index in [1.54, 1.807) is 0 Å². The van der Waals surface area contributed by atoms with Crippen LogP contribution in [0.25, 0.3) is 0 Å². The number of aliphatic hydroxyl groups is 1. The van der Waals surface area contributed by atoms with Gasteiger partial charge in [-0.05, 0) is 37.5 Å². The molecule has 0 radical (unpaired) electrons. The molecule has 0 rings (SSSR count). The molecule has 0 aromatic rings. The molecule has 0 fully saturated rings. The minimum atomic E-state index is -4.95. The number of carbonyl (C=O) groups excluding carboxylic acids is 4. The van der Waals surface area contributed by atoms with Crippen molar-refractivity contribution < 1.29 is 80.2 Å². The molecule has 0 saturated heterocycles. The fourth-order valence-corrected chi connectivity index (χ4v) is 13.1. The Morgan fingerprint density at radius 3 is 0.723 bits per heavy atom. The maximum Gasteiger partial charge on any atom is 0.472 e. The van der Waals surface area contributed by atoms with Crippen molar-refractivity contribution in [2.24, 2.45) is 11.8 Å². The summed E-state index contributed by atoms with van der Waals surface area (Å²) in [7, 11) is -9.90. The number of hydrogen-bond acceptors (Lipinski definition) is 15. The van der Waals surface area contributed by atoms with Crippen molar-refractivity contribution in [3.05, 3.63) is 0 Å². The molecule has 0 spiro atoms. The second-order valence-corrected chi connectivity index (χ2v) is 30.9. The molecule has 558 valence electrons. The summed E-state index contributed by atoms with van der Waals surface area (Å²) in [6.45, 7) is 9.53. The minimum absolute atomic E-state index is 0.106. The van der Waals surface area contributed by atoms with E-state index >= 15 is 0 Å². The van der Waals surface area contributed by atoms with Crippen molar-refractivity contribution in [1.82, 2.24) is 0 Å². The Bertz CT molecular complexity index is 1820. The summed E-state index contributed by atoms with van der Waals surface area (Å²) in [6.07, 6.45) is 54.5. The lowest BCUT2D eigenvalue weighted by Gasteiger charge is -2.21. The Kier molecular flexibility index (Phi) is 65.5. The lowest BCUT2D eigenvalue weighted by molar-refractivity contribution is -0.161. The first-order chi connectivity index (χ1) is 45.4. The molecule has 0 aromatic heterocycles. The Morgan fingerprint density at radius 2 is 0.489 bits per heavy atom. The first-order valence-electron chi connectivity index (χ1n) is 39.0. The molecule has 5 atom stereocenters. The highest BCUT2D eigenvalue weighted by Crippen LogP contribution is 2.45. The molecule has 0 saturated carbocycles. The van der Waals surface area contributed by atoms with E-state index in [1.165, 1.54) is 199 Å². The average Bonchev–Trinajstić information content (AvgIpc) is 2.64. The third-order valence-corrected chi connectivity index (χ3v) is 19.4. The summed E-state index contributed by atoms with van der Waals surface area (Å²) < 4.78 is 68.3. The number of phosphoric ester groups is 2. The highest BCUT2D eigenvalue weighted by atomic mass is 31.2. The van der Waals surface area contributed by atoms with Crippen molar-refractivity contribution in [3.8, 4) is 0 Å². The van der Waals surface area contributed by atoms with Crippen LogP contribution in [0.3, 0.4) is 0 Å². The molecule has 0 bridgehead atoms. The van der Waals surface area contributed by atoms with Crippen LogP contribution in [0.1, 0.15) is 388 Å². The molecule has 19 heteroatoms. The predicted molar refractivity (Wildman–Crippen MR) is 381 cm³/mol. The maximum atomic E-state index is 13.1. The summed E-state index contributed by atoms with van der Waals surface area (Å²) in [5.41, 5.74) is 0. The molecule has 17 nitrogen and oxygen atoms in total. The molecule has 0 aliphatic rings. The molecule has 94 heavy (non-hydrogen) atoms. The van der Waals surface area contributed by atoms with E-state index in [2.05, 4.69) is 41.5 Å². The second-order valence-electron chi connectivity index (χ2n) is 28.0. The standard InChI is InChI=1S/C75H146O17P2/c1-7-9-11-13-14-15-16-17-18-19-20-21-24-31-36-41-47-53-60-75(80)92-71(64-86-73(78)58-52-46-40-35-30-25-22-23-28-33-38-44-49-55-67(3)4)66-90-94(83,84)88-62-69(76)61-87-93(81,82)89-65-70(63-85-72(77)57-51-43-12-10-8-2)91-74(79)59-54-48-42-37-32-27-26-29-34-39-45-50-56-68(5)6/h67-71,76H,7-66H2,1-6H3,(H,81,82)(H,83,84)/t69-,70+,71+/m0/s1. The van der Waals surface area contributed by atoms with Crippen LogP contribution < -0.4 is 0 Å². The van der Waals surface area contributed by atoms with Gasteiger partial charge in [-0.2, -0.15) is 0 Å². The zero-order valence-corrected chi connectivity index (χ0v) is 63.1. The van der Waals surface area contributed by atoms with Crippen molar-refractivity contribution in [2.45, 2.75) is 407 Å². The number of carbonyl (C=O) groups is 4. The van der Waals surface area contributed by atoms with Gasteiger partial charge in [0.15, 0.2) is 12.2 Å². The van der Waals surface area contributed by atoms with Crippen molar-refractivity contribution in [3.63, 3.8) is 0 Å². The van der Waals surface area contributed by atoms with E-state index in [-0.39, 0.29) is 25.7 Å². The molecule has 3 N–H and O–H groups in total. The Balaban J connectivity index is 5.14. The Hall–Kier alpha value is -1.94. The number of esters is 4. The molecular weight excluding hydrogens is 1230 g/mol. The summed E-state index contributed by atoms with van der Waals surface area (Å²) in [5, 5.41) is 10.6. The van der Waals surface area contributed by atoms with Gasteiger partial charge in [0, 0.05) is 25.7 Å². The number of aliphatic hydroxyl groups excluding tert-OH is 1. The van der Waals surface area contributed by atoms with Gasteiger partial charge in [-0.3, -0.25) is 37.3 Å². The van der Waals surface area contributed by atoms with Gasteiger partial charge in [-0.25, -0.2) is 9.13 Å². The number of phosphoric acid groups is 2. The highest BCUT2D eigenvalue weighted by Gasteiger charge is 2.30. The third kappa shape index (κ3) is 68.6. The molecule has 0 aliphatic carbocycles. The van der Waals surface area contributed by atoms with E-state index in [1.807, 2.05) is 0 Å². The van der Waals surface area contributed by atoms with E-state index < -0.39 is 97.5 Å². The smallest absolute Gasteiger partial charge is 0.462 e. The van der Waals surface area contributed by atoms with Crippen LogP contribution in [0.15, 0.2) is 0 Å². The molecule has 0 aromatic carbocycles. The molecular formula is C75H146O17P2. The first kappa shape index (κ1) is 92.1. The lowest BCUT2D eigenvalue weighted by atomic mass is 10.0. The van der Waals surface area contributed by atoms with Crippen molar-refractivity contribution in [2.75, 3.05) is 39.6 Å². The number of unbranched alkanes of at least 4 members (excludes halogenated alkanes) is 44. The highest BCUT2D eigenvalue weighted by molar-refractivity contribution is 7.47. The van der Waals surface area contributed by atoms with Crippen molar-refractivity contribution >= 4 is 39.5 Å². The predicted octanol–water partition coefficient (Wildman–Crippen LogP) is 21.9. The third-order valence-electron chi connectivity index (χ3n) is 17.5. The molecule has 0 heterocycles. The summed E-state index contributed by atoms with van der Waals surface area (Å²) in [5.74, 6) is -0.559. The van der Waals surface area contributed by atoms with Gasteiger partial charge >= 0.3 is 39.5 Å². The minimum Gasteiger partial charge on any atom is -0.462 e. The van der Waals surface area contributed by atoms with E-state index in [0.717, 1.165) is 108 Å². The zero-order chi connectivity index (χ0) is 69.3. The average molecular weight is 1380 g/mol. The van der Waals surface area contributed by atoms with E-state index in [0.29, 0.717) is 25.7 Å². The van der Waals surface area contributed by atoms with E-state index in [9.17, 15) is 43.2 Å². The van der Waals surface area contributed by atoms with Gasteiger partial charge in [-0.15, -0.1) is 0 Å². The topological polar surface area (TPSA) is 237 Å². The SMILES string of the molecule is CCCCCCCCCCCCCCCCCCCCC(=O)O[C@H](COC(=O)CCCCCCCCCCCCCCCC(C)C)COP(=O)(O)OC[C@@H](O)COP(=O)(O)OC[C@@H](COC(=O)CCCCCCC)OC(=O)CCCCCCCCCCCCCCC(C)C. The zero-order valence-electron chi connectivity index (χ0n) is 61.3. The molecule has 2 unspecified atom stereocenters. The van der Waals surface area contributed by atoms with Crippen LogP contribution >= 0.6 is 15.6 Å². The van der Waals surface area contributed by atoms with Gasteiger partial charge in [-0.1, -0.05) is 337 Å². The second kappa shape index (κ2) is 66.9. The number of hydrogen-bond donors (Lipinski definition) is 3. The van der Waals surface area contributed by atoms with Crippen molar-refractivity contribution in [1.29, 1.82) is 0 Å². The van der Waals surface area contributed by atoms with Crippen LogP contribution in [-0.2, 0) is 65.4 Å². The largest absolute Gasteiger partial charge is 0.472 e. The summed E-state index contributed by atoms with van der Waals surface area (Å²) >= 11 is 0. The van der Waals surface area contributed by atoms with Gasteiger partial charge in [0.25, 0.3) is 0 Å². The molecule has 0 amide bonds. The summed E-state index contributed by atoms with van der Waals surface area (Å²) in [6, 6.07) is 0. The Morgan fingerprint density at radius 1 is 0.287 bits per heavy atom. The van der Waals surface area contributed by atoms with Crippen LogP contribution in [0.4, 0.5) is 0 Å². The van der Waals surface area contributed by atoms with Crippen LogP contribution in [-0.4, -0.2) is 96.7 Å². The normalized spacial score (nSPS) is 14.0. The number of ether oxygens (including phenoxy) is 4. The van der Waals surface area contributed by atoms with Crippen LogP contribution in [0, 0.1) is 11.8 Å². The van der Waals surface area contributed by atoms with Crippen LogP contribution in [0.2, 0.25) is 0 Å². The fourth-order valence-electron chi connectivity index (χ4n) is 11.5.